The molecular formula is C15H13FN2O5. The zero-order valence-electron chi connectivity index (χ0n) is 11.9. The van der Waals surface area contributed by atoms with E-state index in [0.29, 0.717) is 6.42 Å². The van der Waals surface area contributed by atoms with Gasteiger partial charge in [0.05, 0.1) is 22.4 Å². The van der Waals surface area contributed by atoms with E-state index < -0.39 is 28.5 Å². The topological polar surface area (TPSA) is 98.5 Å². The molecule has 1 aromatic rings. The van der Waals surface area contributed by atoms with Crippen LogP contribution >= 0.6 is 0 Å². The molecule has 0 radical (unpaired) electrons. The van der Waals surface area contributed by atoms with Crippen molar-refractivity contribution >= 4 is 23.3 Å². The third-order valence-corrected chi connectivity index (χ3v) is 5.20. The number of rotatable bonds is 3. The molecule has 0 aromatic heterocycles. The van der Waals surface area contributed by atoms with Gasteiger partial charge in [0.2, 0.25) is 5.91 Å². The van der Waals surface area contributed by atoms with Gasteiger partial charge in [0.25, 0.3) is 5.69 Å². The number of nitrogens with zero attached hydrogens (tertiary/aromatic N) is 1. The van der Waals surface area contributed by atoms with E-state index in [-0.39, 0.29) is 35.3 Å². The number of fused-ring (bicyclic) bond motifs is 1. The fraction of sp³-hybridized carbons (Fsp3) is 0.467. The normalized spacial score (nSPS) is 33.6. The van der Waals surface area contributed by atoms with Crippen LogP contribution in [-0.4, -0.2) is 22.9 Å². The third-order valence-electron chi connectivity index (χ3n) is 5.20. The molecule has 4 rings (SSSR count). The third kappa shape index (κ3) is 2.01. The molecular weight excluding hydrogens is 307 g/mol. The molecule has 0 unspecified atom stereocenters. The van der Waals surface area contributed by atoms with Crippen LogP contribution in [-0.2, 0) is 14.3 Å². The monoisotopic (exact) mass is 320 g/mol. The van der Waals surface area contributed by atoms with Crippen LogP contribution in [0.1, 0.15) is 12.8 Å². The number of nitro benzene ring substituents is 1. The van der Waals surface area contributed by atoms with Crippen LogP contribution in [0.5, 0.6) is 0 Å². The van der Waals surface area contributed by atoms with Gasteiger partial charge >= 0.3 is 5.97 Å². The largest absolute Gasteiger partial charge is 0.462 e. The summed E-state index contributed by atoms with van der Waals surface area (Å²) in [6.45, 7) is 0. The zero-order valence-corrected chi connectivity index (χ0v) is 11.9. The predicted molar refractivity (Wildman–Crippen MR) is 74.8 cm³/mol. The number of anilines is 1. The van der Waals surface area contributed by atoms with Crippen molar-refractivity contribution in [3.8, 4) is 0 Å². The highest BCUT2D eigenvalue weighted by molar-refractivity contribution is 5.97. The summed E-state index contributed by atoms with van der Waals surface area (Å²) in [5.41, 5.74) is -0.551. The number of carbonyl (C=O) groups excluding carboxylic acids is 2. The average Bonchev–Trinajstić information content (AvgIpc) is 3.10. The van der Waals surface area contributed by atoms with Crippen LogP contribution in [0, 0.1) is 39.6 Å². The first-order valence-electron chi connectivity index (χ1n) is 7.41. The summed E-state index contributed by atoms with van der Waals surface area (Å²) in [6.07, 6.45) is 1.33. The van der Waals surface area contributed by atoms with Gasteiger partial charge in [0.1, 0.15) is 11.9 Å². The van der Waals surface area contributed by atoms with Crippen LogP contribution < -0.4 is 5.32 Å². The van der Waals surface area contributed by atoms with Crippen molar-refractivity contribution in [2.24, 2.45) is 23.7 Å². The molecule has 0 spiro atoms. The summed E-state index contributed by atoms with van der Waals surface area (Å²) in [5, 5.41) is 13.2. The summed E-state index contributed by atoms with van der Waals surface area (Å²) in [5.74, 6) is -2.50. The smallest absolute Gasteiger partial charge is 0.310 e. The Kier molecular flexibility index (Phi) is 2.91. The Morgan fingerprint density at radius 3 is 2.91 bits per heavy atom. The SMILES string of the molecule is O=C(Nc1cc([N+](=O)[O-])ccc1F)[C@@H]1[C@@H]2C[C@@H]3[C@H]1C(=O)O[C@@H]3C2. The number of ether oxygens (including phenoxy) is 1. The minimum Gasteiger partial charge on any atom is -0.462 e. The maximum absolute atomic E-state index is 13.8. The van der Waals surface area contributed by atoms with Gasteiger partial charge in [-0.05, 0) is 24.8 Å². The molecule has 120 valence electrons. The standard InChI is InChI=1S/C15H13FN2O5/c16-9-2-1-7(18(21)22)5-10(9)17-14(19)12-6-3-8-11(4-6)23-15(20)13(8)12/h1-2,5-6,8,11-13H,3-4H2,(H,17,19)/t6-,8+,11-,12-,13-/m1/s1. The number of nitrogens with one attached hydrogen (secondary N) is 1. The predicted octanol–water partition coefficient (Wildman–Crippen LogP) is 1.87. The van der Waals surface area contributed by atoms with Gasteiger partial charge in [0, 0.05) is 18.1 Å². The molecule has 2 bridgehead atoms. The van der Waals surface area contributed by atoms with E-state index in [1.54, 1.807) is 0 Å². The number of hydrogen-bond donors (Lipinski definition) is 1. The van der Waals surface area contributed by atoms with Gasteiger partial charge in [-0.25, -0.2) is 4.39 Å². The lowest BCUT2D eigenvalue weighted by Crippen LogP contribution is -2.36. The average molecular weight is 320 g/mol. The van der Waals surface area contributed by atoms with E-state index >= 15 is 0 Å². The lowest BCUT2D eigenvalue weighted by atomic mass is 9.79. The van der Waals surface area contributed by atoms with Crippen molar-refractivity contribution in [3.05, 3.63) is 34.1 Å². The van der Waals surface area contributed by atoms with Crippen molar-refractivity contribution in [3.63, 3.8) is 0 Å². The lowest BCUT2D eigenvalue weighted by molar-refractivity contribution is -0.384. The highest BCUT2D eigenvalue weighted by atomic mass is 19.1. The minimum atomic E-state index is -0.751. The van der Waals surface area contributed by atoms with E-state index in [0.717, 1.165) is 24.6 Å². The summed E-state index contributed by atoms with van der Waals surface area (Å²) in [4.78, 5) is 34.5. The number of hydrogen-bond acceptors (Lipinski definition) is 5. The Bertz CT molecular complexity index is 735. The molecule has 2 saturated carbocycles. The molecule has 3 fully saturated rings. The first-order valence-corrected chi connectivity index (χ1v) is 7.41. The Morgan fingerprint density at radius 1 is 1.39 bits per heavy atom. The number of amides is 1. The highest BCUT2D eigenvalue weighted by Gasteiger charge is 2.63. The fourth-order valence-corrected chi connectivity index (χ4v) is 4.30. The number of carbonyl (C=O) groups is 2. The number of benzene rings is 1. The second kappa shape index (κ2) is 4.74. The second-order valence-corrected chi connectivity index (χ2v) is 6.33. The van der Waals surface area contributed by atoms with Crippen LogP contribution in [0.15, 0.2) is 18.2 Å². The molecule has 1 aliphatic heterocycles. The van der Waals surface area contributed by atoms with E-state index in [1.807, 2.05) is 0 Å². The van der Waals surface area contributed by atoms with Crippen molar-refractivity contribution in [1.29, 1.82) is 0 Å². The van der Waals surface area contributed by atoms with Crippen molar-refractivity contribution < 1.29 is 23.6 Å². The minimum absolute atomic E-state index is 0.0446. The van der Waals surface area contributed by atoms with Crippen molar-refractivity contribution in [2.75, 3.05) is 5.32 Å². The van der Waals surface area contributed by atoms with Gasteiger partial charge in [-0.1, -0.05) is 0 Å². The van der Waals surface area contributed by atoms with Gasteiger partial charge in [-0.15, -0.1) is 0 Å². The molecule has 2 aliphatic carbocycles. The van der Waals surface area contributed by atoms with E-state index in [9.17, 15) is 24.1 Å². The first kappa shape index (κ1) is 14.1. The van der Waals surface area contributed by atoms with Crippen LogP contribution in [0.2, 0.25) is 0 Å². The molecule has 1 saturated heterocycles. The molecule has 5 atom stereocenters. The molecule has 23 heavy (non-hydrogen) atoms. The Balaban J connectivity index is 1.58. The zero-order chi connectivity index (χ0) is 16.3. The summed E-state index contributed by atoms with van der Waals surface area (Å²) >= 11 is 0. The molecule has 1 aromatic carbocycles. The summed E-state index contributed by atoms with van der Waals surface area (Å²) in [6, 6.07) is 2.95. The fourth-order valence-electron chi connectivity index (χ4n) is 4.30. The van der Waals surface area contributed by atoms with Crippen LogP contribution in [0.25, 0.3) is 0 Å². The van der Waals surface area contributed by atoms with Crippen molar-refractivity contribution in [1.82, 2.24) is 0 Å². The molecule has 8 heteroatoms. The van der Waals surface area contributed by atoms with Gasteiger partial charge in [-0.2, -0.15) is 0 Å². The molecule has 7 nitrogen and oxygen atoms in total. The maximum atomic E-state index is 13.8. The summed E-state index contributed by atoms with van der Waals surface area (Å²) in [7, 11) is 0. The molecule has 3 aliphatic rings. The van der Waals surface area contributed by atoms with Crippen molar-refractivity contribution in [2.45, 2.75) is 18.9 Å². The van der Waals surface area contributed by atoms with Gasteiger partial charge in [0.15, 0.2) is 0 Å². The highest BCUT2D eigenvalue weighted by Crippen LogP contribution is 2.57. The van der Waals surface area contributed by atoms with E-state index in [4.69, 9.17) is 4.74 Å². The molecule has 1 heterocycles. The van der Waals surface area contributed by atoms with Crippen LogP contribution in [0.4, 0.5) is 15.8 Å². The number of esters is 1. The van der Waals surface area contributed by atoms with Gasteiger partial charge < -0.3 is 10.1 Å². The summed E-state index contributed by atoms with van der Waals surface area (Å²) < 4.78 is 19.1. The first-order chi connectivity index (χ1) is 11.0. The maximum Gasteiger partial charge on any atom is 0.310 e. The van der Waals surface area contributed by atoms with E-state index in [1.165, 1.54) is 0 Å². The Hall–Kier alpha value is -2.51. The van der Waals surface area contributed by atoms with E-state index in [2.05, 4.69) is 5.32 Å². The number of non-ortho nitro benzene ring substituents is 1. The Morgan fingerprint density at radius 2 is 2.17 bits per heavy atom. The lowest BCUT2D eigenvalue weighted by Gasteiger charge is -2.23. The Labute approximate surface area is 130 Å². The van der Waals surface area contributed by atoms with Crippen LogP contribution in [0.3, 0.4) is 0 Å². The molecule has 1 amide bonds. The number of nitro groups is 1. The molecule has 1 N–H and O–H groups in total. The second-order valence-electron chi connectivity index (χ2n) is 6.33. The number of halogens is 1. The quantitative estimate of drug-likeness (QED) is 0.521. The van der Waals surface area contributed by atoms with Gasteiger partial charge in [-0.3, -0.25) is 19.7 Å².